The Hall–Kier alpha value is -1.26. The van der Waals surface area contributed by atoms with Crippen molar-refractivity contribution in [3.8, 4) is 0 Å². The number of carbonyl (C=O) groups excluding carboxylic acids is 1. The Morgan fingerprint density at radius 2 is 2.13 bits per heavy atom. The second-order valence-corrected chi connectivity index (χ2v) is 3.60. The summed E-state index contributed by atoms with van der Waals surface area (Å²) in [5.74, 6) is -0.594. The Labute approximate surface area is 90.9 Å². The minimum Gasteiger partial charge on any atom is -0.409 e. The monoisotopic (exact) mass is 215 g/mol. The molecule has 0 rings (SSSR count). The number of hydrogen-bond donors (Lipinski definition) is 2. The fourth-order valence-electron chi connectivity index (χ4n) is 1.35. The molecule has 1 amide bonds. The summed E-state index contributed by atoms with van der Waals surface area (Å²) in [5, 5.41) is 11.4. The molecule has 0 radical (unpaired) electrons. The van der Waals surface area contributed by atoms with Crippen LogP contribution in [0, 0.1) is 5.92 Å². The van der Waals surface area contributed by atoms with E-state index >= 15 is 0 Å². The molecule has 88 valence electrons. The molecule has 0 bridgehead atoms. The lowest BCUT2D eigenvalue weighted by Crippen LogP contribution is -2.40. The van der Waals surface area contributed by atoms with Crippen LogP contribution in [-0.4, -0.2) is 35.4 Å². The molecule has 0 aliphatic rings. The van der Waals surface area contributed by atoms with E-state index in [2.05, 4.69) is 12.1 Å². The standard InChI is InChI=1S/C10H21N3O2/c1-4-6-7-13(3)10(14)8(5-2)9(11)12-15/h8,15H,4-7H2,1-3H3,(H2,11,12). The van der Waals surface area contributed by atoms with E-state index in [1.165, 1.54) is 0 Å². The highest BCUT2D eigenvalue weighted by Gasteiger charge is 2.23. The maximum Gasteiger partial charge on any atom is 0.233 e. The summed E-state index contributed by atoms with van der Waals surface area (Å²) in [5.41, 5.74) is 5.45. The number of oxime groups is 1. The zero-order chi connectivity index (χ0) is 11.8. The summed E-state index contributed by atoms with van der Waals surface area (Å²) in [4.78, 5) is 13.5. The lowest BCUT2D eigenvalue weighted by Gasteiger charge is -2.21. The molecule has 1 unspecified atom stereocenters. The molecule has 15 heavy (non-hydrogen) atoms. The predicted octanol–water partition coefficient (Wildman–Crippen LogP) is 1.02. The molecule has 0 heterocycles. The zero-order valence-corrected chi connectivity index (χ0v) is 9.73. The zero-order valence-electron chi connectivity index (χ0n) is 9.73. The number of nitrogens with two attached hydrogens (primary N) is 1. The van der Waals surface area contributed by atoms with Gasteiger partial charge in [0.1, 0.15) is 0 Å². The van der Waals surface area contributed by atoms with Crippen molar-refractivity contribution in [1.29, 1.82) is 0 Å². The molecule has 0 aliphatic carbocycles. The van der Waals surface area contributed by atoms with Gasteiger partial charge in [-0.15, -0.1) is 0 Å². The van der Waals surface area contributed by atoms with Gasteiger partial charge < -0.3 is 15.8 Å². The Morgan fingerprint density at radius 3 is 2.53 bits per heavy atom. The lowest BCUT2D eigenvalue weighted by molar-refractivity contribution is -0.132. The topological polar surface area (TPSA) is 78.9 Å². The van der Waals surface area contributed by atoms with Gasteiger partial charge in [0, 0.05) is 13.6 Å². The van der Waals surface area contributed by atoms with Gasteiger partial charge in [0.15, 0.2) is 5.84 Å². The molecule has 5 nitrogen and oxygen atoms in total. The van der Waals surface area contributed by atoms with Crippen molar-refractivity contribution in [3.05, 3.63) is 0 Å². The second-order valence-electron chi connectivity index (χ2n) is 3.60. The fraction of sp³-hybridized carbons (Fsp3) is 0.800. The third-order valence-corrected chi connectivity index (χ3v) is 2.40. The first-order valence-corrected chi connectivity index (χ1v) is 5.30. The van der Waals surface area contributed by atoms with Crippen LogP contribution >= 0.6 is 0 Å². The van der Waals surface area contributed by atoms with E-state index in [0.29, 0.717) is 13.0 Å². The highest BCUT2D eigenvalue weighted by molar-refractivity contribution is 6.01. The van der Waals surface area contributed by atoms with Gasteiger partial charge in [-0.25, -0.2) is 0 Å². The molecule has 1 atom stereocenters. The molecule has 0 aromatic heterocycles. The predicted molar refractivity (Wildman–Crippen MR) is 59.7 cm³/mol. The van der Waals surface area contributed by atoms with E-state index in [1.54, 1.807) is 11.9 Å². The average molecular weight is 215 g/mol. The number of hydrogen-bond acceptors (Lipinski definition) is 3. The number of carbonyl (C=O) groups is 1. The van der Waals surface area contributed by atoms with Crippen molar-refractivity contribution in [2.75, 3.05) is 13.6 Å². The van der Waals surface area contributed by atoms with Crippen molar-refractivity contribution < 1.29 is 10.0 Å². The lowest BCUT2D eigenvalue weighted by atomic mass is 10.0. The van der Waals surface area contributed by atoms with Crippen LogP contribution in [0.2, 0.25) is 0 Å². The summed E-state index contributed by atoms with van der Waals surface area (Å²) in [6.45, 7) is 4.62. The molecule has 0 saturated heterocycles. The number of rotatable bonds is 6. The largest absolute Gasteiger partial charge is 0.409 e. The summed E-state index contributed by atoms with van der Waals surface area (Å²) < 4.78 is 0. The average Bonchev–Trinajstić information content (AvgIpc) is 2.26. The van der Waals surface area contributed by atoms with Gasteiger partial charge >= 0.3 is 0 Å². The normalized spacial score (nSPS) is 13.7. The third kappa shape index (κ3) is 4.18. The van der Waals surface area contributed by atoms with Gasteiger partial charge in [0.2, 0.25) is 5.91 Å². The van der Waals surface area contributed by atoms with Crippen LogP contribution in [0.3, 0.4) is 0 Å². The molecule has 0 fully saturated rings. The van der Waals surface area contributed by atoms with Crippen molar-refractivity contribution >= 4 is 11.7 Å². The number of unbranched alkanes of at least 4 members (excludes halogenated alkanes) is 1. The van der Waals surface area contributed by atoms with Crippen molar-refractivity contribution in [3.63, 3.8) is 0 Å². The highest BCUT2D eigenvalue weighted by atomic mass is 16.4. The van der Waals surface area contributed by atoms with E-state index in [0.717, 1.165) is 12.8 Å². The Bertz CT molecular complexity index is 229. The molecule has 0 spiro atoms. The molecule has 0 saturated carbocycles. The van der Waals surface area contributed by atoms with E-state index in [4.69, 9.17) is 10.9 Å². The first-order valence-electron chi connectivity index (χ1n) is 5.30. The summed E-state index contributed by atoms with van der Waals surface area (Å²) >= 11 is 0. The van der Waals surface area contributed by atoms with Crippen molar-refractivity contribution in [2.24, 2.45) is 16.8 Å². The van der Waals surface area contributed by atoms with Crippen molar-refractivity contribution in [1.82, 2.24) is 4.90 Å². The number of amidine groups is 1. The molecule has 0 aliphatic heterocycles. The van der Waals surface area contributed by atoms with E-state index < -0.39 is 5.92 Å². The van der Waals surface area contributed by atoms with E-state index in [1.807, 2.05) is 6.92 Å². The van der Waals surface area contributed by atoms with Crippen LogP contribution < -0.4 is 5.73 Å². The van der Waals surface area contributed by atoms with E-state index in [-0.39, 0.29) is 11.7 Å². The minimum atomic E-state index is -0.503. The molecule has 0 aromatic carbocycles. The van der Waals surface area contributed by atoms with Crippen LogP contribution in [0.25, 0.3) is 0 Å². The van der Waals surface area contributed by atoms with Crippen molar-refractivity contribution in [2.45, 2.75) is 33.1 Å². The second kappa shape index (κ2) is 7.09. The van der Waals surface area contributed by atoms with Gasteiger partial charge in [-0.2, -0.15) is 0 Å². The molecule has 5 heteroatoms. The summed E-state index contributed by atoms with van der Waals surface area (Å²) in [7, 11) is 1.74. The number of nitrogens with zero attached hydrogens (tertiary/aromatic N) is 2. The Balaban J connectivity index is 4.38. The van der Waals surface area contributed by atoms with Gasteiger partial charge in [0.25, 0.3) is 0 Å². The Kier molecular flexibility index (Phi) is 6.49. The first kappa shape index (κ1) is 13.7. The number of amides is 1. The smallest absolute Gasteiger partial charge is 0.233 e. The summed E-state index contributed by atoms with van der Waals surface area (Å²) in [6.07, 6.45) is 2.55. The highest BCUT2D eigenvalue weighted by Crippen LogP contribution is 2.07. The first-order chi connectivity index (χ1) is 7.08. The molecular weight excluding hydrogens is 194 g/mol. The SMILES string of the molecule is CCCCN(C)C(=O)C(CC)C(N)=NO. The quantitative estimate of drug-likeness (QED) is 0.300. The Morgan fingerprint density at radius 1 is 1.53 bits per heavy atom. The van der Waals surface area contributed by atoms with Crippen LogP contribution in [0.15, 0.2) is 5.16 Å². The van der Waals surface area contributed by atoms with Gasteiger partial charge in [0.05, 0.1) is 5.92 Å². The molecule has 3 N–H and O–H groups in total. The maximum absolute atomic E-state index is 11.8. The van der Waals surface area contributed by atoms with Crippen LogP contribution in [0.4, 0.5) is 0 Å². The van der Waals surface area contributed by atoms with E-state index in [9.17, 15) is 4.79 Å². The van der Waals surface area contributed by atoms with Crippen LogP contribution in [0.1, 0.15) is 33.1 Å². The molecule has 0 aromatic rings. The fourth-order valence-corrected chi connectivity index (χ4v) is 1.35. The van der Waals surface area contributed by atoms with Crippen LogP contribution in [0.5, 0.6) is 0 Å². The van der Waals surface area contributed by atoms with Gasteiger partial charge in [-0.05, 0) is 12.8 Å². The maximum atomic E-state index is 11.8. The summed E-state index contributed by atoms with van der Waals surface area (Å²) in [6, 6.07) is 0. The molecular formula is C10H21N3O2. The minimum absolute atomic E-state index is 0.00847. The van der Waals surface area contributed by atoms with Gasteiger partial charge in [-0.1, -0.05) is 25.4 Å². The van der Waals surface area contributed by atoms with Crippen LogP contribution in [-0.2, 0) is 4.79 Å². The third-order valence-electron chi connectivity index (χ3n) is 2.40. The van der Waals surface area contributed by atoms with Gasteiger partial charge in [-0.3, -0.25) is 4.79 Å².